The molecule has 2 aromatic rings. The highest BCUT2D eigenvalue weighted by atomic mass is 79.9. The van der Waals surface area contributed by atoms with Gasteiger partial charge < -0.3 is 9.72 Å². The lowest BCUT2D eigenvalue weighted by molar-refractivity contribution is 0.415. The van der Waals surface area contributed by atoms with Gasteiger partial charge in [-0.25, -0.2) is 4.98 Å². The van der Waals surface area contributed by atoms with Crippen molar-refractivity contribution in [3.05, 3.63) is 44.8 Å². The number of hydrogen-bond acceptors (Lipinski definition) is 3. The number of H-pyrrole nitrogens is 1. The topological polar surface area (TPSA) is 55.0 Å². The number of aromatic nitrogens is 2. The summed E-state index contributed by atoms with van der Waals surface area (Å²) in [6, 6.07) is 7.57. The minimum atomic E-state index is -0.121. The van der Waals surface area contributed by atoms with Gasteiger partial charge in [-0.1, -0.05) is 25.0 Å². The third kappa shape index (κ3) is 2.88. The number of rotatable bonds is 3. The predicted octanol–water partition coefficient (Wildman–Crippen LogP) is 3.87. The van der Waals surface area contributed by atoms with Gasteiger partial charge in [0.05, 0.1) is 12.8 Å². The molecule has 110 valence electrons. The molecule has 0 atom stereocenters. The molecule has 21 heavy (non-hydrogen) atoms. The maximum absolute atomic E-state index is 12.2. The zero-order chi connectivity index (χ0) is 14.8. The minimum Gasteiger partial charge on any atom is -0.497 e. The smallest absolute Gasteiger partial charge is 0.265 e. The first kappa shape index (κ1) is 14.3. The van der Waals surface area contributed by atoms with Crippen molar-refractivity contribution in [2.45, 2.75) is 31.6 Å². The molecule has 1 saturated carbocycles. The second-order valence-corrected chi connectivity index (χ2v) is 6.12. The zero-order valence-corrected chi connectivity index (χ0v) is 13.4. The summed E-state index contributed by atoms with van der Waals surface area (Å²) in [5.41, 5.74) is 1.62. The van der Waals surface area contributed by atoms with Crippen LogP contribution in [0.4, 0.5) is 0 Å². The summed E-state index contributed by atoms with van der Waals surface area (Å²) in [4.78, 5) is 19.7. The Bertz CT molecular complexity index is 706. The minimum absolute atomic E-state index is 0.121. The molecule has 1 aromatic carbocycles. The SMILES string of the molecule is COc1cccc(-c2nc(C3CCCC3)c(Br)c(=O)[nH]2)c1. The molecule has 1 aromatic heterocycles. The fourth-order valence-corrected chi connectivity index (χ4v) is 3.36. The first-order valence-corrected chi connectivity index (χ1v) is 7.92. The van der Waals surface area contributed by atoms with Gasteiger partial charge in [0.1, 0.15) is 16.0 Å². The van der Waals surface area contributed by atoms with Gasteiger partial charge in [0.25, 0.3) is 5.56 Å². The Labute approximate surface area is 131 Å². The van der Waals surface area contributed by atoms with Gasteiger partial charge in [0.2, 0.25) is 0 Å². The highest BCUT2D eigenvalue weighted by molar-refractivity contribution is 9.10. The molecule has 0 bridgehead atoms. The van der Waals surface area contributed by atoms with E-state index in [0.29, 0.717) is 16.2 Å². The maximum atomic E-state index is 12.2. The number of nitrogens with one attached hydrogen (secondary N) is 1. The van der Waals surface area contributed by atoms with E-state index in [1.54, 1.807) is 7.11 Å². The lowest BCUT2D eigenvalue weighted by Crippen LogP contribution is -2.15. The van der Waals surface area contributed by atoms with E-state index in [2.05, 4.69) is 20.9 Å². The Morgan fingerprint density at radius 3 is 2.81 bits per heavy atom. The molecule has 1 N–H and O–H groups in total. The van der Waals surface area contributed by atoms with Crippen LogP contribution in [0.5, 0.6) is 5.75 Å². The van der Waals surface area contributed by atoms with Crippen molar-refractivity contribution >= 4 is 15.9 Å². The average molecular weight is 349 g/mol. The van der Waals surface area contributed by atoms with Gasteiger partial charge >= 0.3 is 0 Å². The second-order valence-electron chi connectivity index (χ2n) is 5.33. The molecule has 0 amide bonds. The van der Waals surface area contributed by atoms with Crippen molar-refractivity contribution in [3.8, 4) is 17.1 Å². The summed E-state index contributed by atoms with van der Waals surface area (Å²) in [5, 5.41) is 0. The van der Waals surface area contributed by atoms with Crippen molar-refractivity contribution in [2.24, 2.45) is 0 Å². The zero-order valence-electron chi connectivity index (χ0n) is 11.9. The van der Waals surface area contributed by atoms with Crippen molar-refractivity contribution in [3.63, 3.8) is 0 Å². The summed E-state index contributed by atoms with van der Waals surface area (Å²) >= 11 is 3.39. The van der Waals surface area contributed by atoms with Gasteiger partial charge in [-0.2, -0.15) is 0 Å². The summed E-state index contributed by atoms with van der Waals surface area (Å²) in [7, 11) is 1.63. The Morgan fingerprint density at radius 1 is 1.33 bits per heavy atom. The lowest BCUT2D eigenvalue weighted by atomic mass is 10.0. The normalized spacial score (nSPS) is 15.3. The standard InChI is InChI=1S/C16H17BrN2O2/c1-21-12-8-4-7-11(9-12)15-18-14(10-5-2-3-6-10)13(17)16(20)19-15/h4,7-10H,2-3,5-6H2,1H3,(H,18,19,20). The van der Waals surface area contributed by atoms with Crippen molar-refractivity contribution in [1.82, 2.24) is 9.97 Å². The number of aromatic amines is 1. The molecule has 4 nitrogen and oxygen atoms in total. The van der Waals surface area contributed by atoms with E-state index in [1.165, 1.54) is 12.8 Å². The summed E-state index contributed by atoms with van der Waals surface area (Å²) in [6.07, 6.45) is 4.62. The van der Waals surface area contributed by atoms with Crippen LogP contribution in [-0.2, 0) is 0 Å². The van der Waals surface area contributed by atoms with E-state index >= 15 is 0 Å². The van der Waals surface area contributed by atoms with Crippen LogP contribution in [0.25, 0.3) is 11.4 Å². The predicted molar refractivity (Wildman–Crippen MR) is 85.8 cm³/mol. The molecule has 0 radical (unpaired) electrons. The van der Waals surface area contributed by atoms with Crippen molar-refractivity contribution in [2.75, 3.05) is 7.11 Å². The number of nitrogens with zero attached hydrogens (tertiary/aromatic N) is 1. The fraction of sp³-hybridized carbons (Fsp3) is 0.375. The van der Waals surface area contributed by atoms with Crippen LogP contribution in [0.3, 0.4) is 0 Å². The summed E-state index contributed by atoms with van der Waals surface area (Å²) < 4.78 is 5.80. The Balaban J connectivity index is 2.08. The molecule has 1 heterocycles. The van der Waals surface area contributed by atoms with Crippen LogP contribution >= 0.6 is 15.9 Å². The summed E-state index contributed by atoms with van der Waals surface area (Å²) in [6.45, 7) is 0. The molecule has 1 aliphatic rings. The Morgan fingerprint density at radius 2 is 2.10 bits per heavy atom. The van der Waals surface area contributed by atoms with Crippen LogP contribution < -0.4 is 10.3 Å². The van der Waals surface area contributed by atoms with E-state index < -0.39 is 0 Å². The molecule has 5 heteroatoms. The third-order valence-electron chi connectivity index (χ3n) is 3.97. The molecule has 0 saturated heterocycles. The second kappa shape index (κ2) is 6.02. The van der Waals surface area contributed by atoms with Gasteiger partial charge in [-0.15, -0.1) is 0 Å². The molecular formula is C16H17BrN2O2. The number of ether oxygens (including phenoxy) is 1. The van der Waals surface area contributed by atoms with E-state index in [1.807, 2.05) is 24.3 Å². The highest BCUT2D eigenvalue weighted by Gasteiger charge is 2.23. The molecule has 3 rings (SSSR count). The van der Waals surface area contributed by atoms with Crippen LogP contribution in [0.1, 0.15) is 37.3 Å². The Hall–Kier alpha value is -1.62. The molecule has 1 fully saturated rings. The highest BCUT2D eigenvalue weighted by Crippen LogP contribution is 2.36. The van der Waals surface area contributed by atoms with Crippen molar-refractivity contribution < 1.29 is 4.74 Å². The molecule has 0 unspecified atom stereocenters. The van der Waals surface area contributed by atoms with E-state index in [0.717, 1.165) is 29.8 Å². The monoisotopic (exact) mass is 348 g/mol. The fourth-order valence-electron chi connectivity index (χ4n) is 2.85. The van der Waals surface area contributed by atoms with E-state index in [9.17, 15) is 4.79 Å². The van der Waals surface area contributed by atoms with Gasteiger partial charge in [-0.3, -0.25) is 4.79 Å². The van der Waals surface area contributed by atoms with E-state index in [4.69, 9.17) is 9.72 Å². The number of methoxy groups -OCH3 is 1. The van der Waals surface area contributed by atoms with E-state index in [-0.39, 0.29) is 5.56 Å². The number of benzene rings is 1. The van der Waals surface area contributed by atoms with Gasteiger partial charge in [0, 0.05) is 11.5 Å². The van der Waals surface area contributed by atoms with Crippen LogP contribution in [0, 0.1) is 0 Å². The quantitative estimate of drug-likeness (QED) is 0.915. The van der Waals surface area contributed by atoms with Crippen LogP contribution in [0.2, 0.25) is 0 Å². The maximum Gasteiger partial charge on any atom is 0.265 e. The molecule has 0 aliphatic heterocycles. The lowest BCUT2D eigenvalue weighted by Gasteiger charge is -2.12. The Kier molecular flexibility index (Phi) is 4.10. The number of halogens is 1. The molecular weight excluding hydrogens is 332 g/mol. The number of hydrogen-bond donors (Lipinski definition) is 1. The van der Waals surface area contributed by atoms with Gasteiger partial charge in [-0.05, 0) is 40.9 Å². The first-order chi connectivity index (χ1) is 10.2. The average Bonchev–Trinajstić information content (AvgIpc) is 3.04. The van der Waals surface area contributed by atoms with Crippen LogP contribution in [-0.4, -0.2) is 17.1 Å². The summed E-state index contributed by atoms with van der Waals surface area (Å²) in [5.74, 6) is 1.73. The van der Waals surface area contributed by atoms with Crippen molar-refractivity contribution in [1.29, 1.82) is 0 Å². The van der Waals surface area contributed by atoms with Crippen LogP contribution in [0.15, 0.2) is 33.5 Å². The first-order valence-electron chi connectivity index (χ1n) is 7.13. The molecule has 1 aliphatic carbocycles. The van der Waals surface area contributed by atoms with Gasteiger partial charge in [0.15, 0.2) is 0 Å². The third-order valence-corrected chi connectivity index (χ3v) is 4.74. The largest absolute Gasteiger partial charge is 0.497 e. The molecule has 0 spiro atoms.